The lowest BCUT2D eigenvalue weighted by Crippen LogP contribution is -2.36. The predicted octanol–water partition coefficient (Wildman–Crippen LogP) is 6.28. The molecule has 162 valence electrons. The minimum atomic E-state index is -0.618. The van der Waals surface area contributed by atoms with E-state index in [1.165, 1.54) is 11.9 Å². The average Bonchev–Trinajstić information content (AvgIpc) is 2.76. The van der Waals surface area contributed by atoms with Crippen LogP contribution in [0.4, 0.5) is 10.5 Å². The number of benzene rings is 3. The number of hydrogen-bond acceptors (Lipinski definition) is 4. The molecule has 1 heterocycles. The molecular formula is C24H19Cl2N3O3. The van der Waals surface area contributed by atoms with Gasteiger partial charge < -0.3 is 10.1 Å². The Bertz CT molecular complexity index is 1210. The van der Waals surface area contributed by atoms with Crippen molar-refractivity contribution in [2.75, 3.05) is 5.32 Å². The van der Waals surface area contributed by atoms with Gasteiger partial charge in [-0.15, -0.1) is 0 Å². The lowest BCUT2D eigenvalue weighted by Gasteiger charge is -2.31. The summed E-state index contributed by atoms with van der Waals surface area (Å²) >= 11 is 12.6. The van der Waals surface area contributed by atoms with Crippen LogP contribution in [-0.2, 0) is 4.79 Å². The van der Waals surface area contributed by atoms with E-state index < -0.39 is 12.1 Å². The van der Waals surface area contributed by atoms with E-state index in [9.17, 15) is 9.59 Å². The third-order valence-corrected chi connectivity index (χ3v) is 5.71. The van der Waals surface area contributed by atoms with Gasteiger partial charge in [-0.1, -0.05) is 53.5 Å². The zero-order valence-electron chi connectivity index (χ0n) is 17.3. The van der Waals surface area contributed by atoms with Crippen LogP contribution in [0.3, 0.4) is 0 Å². The second-order valence-electron chi connectivity index (χ2n) is 7.26. The summed E-state index contributed by atoms with van der Waals surface area (Å²) in [6.07, 6.45) is -0.618. The maximum atomic E-state index is 13.0. The summed E-state index contributed by atoms with van der Waals surface area (Å²) in [4.78, 5) is 24.3. The Morgan fingerprint density at radius 3 is 2.31 bits per heavy atom. The SMILES string of the molecule is CC(=O)Nc1ccc(C2=NN(C(=O)Oc3ccccc3)C(C)c3cc(Cl)c(Cl)cc32)cc1. The quantitative estimate of drug-likeness (QED) is 0.492. The van der Waals surface area contributed by atoms with Crippen molar-refractivity contribution in [1.82, 2.24) is 5.01 Å². The summed E-state index contributed by atoms with van der Waals surface area (Å²) in [6, 6.07) is 19.0. The molecule has 8 heteroatoms. The molecular weight excluding hydrogens is 449 g/mol. The van der Waals surface area contributed by atoms with Gasteiger partial charge in [0.25, 0.3) is 0 Å². The predicted molar refractivity (Wildman–Crippen MR) is 126 cm³/mol. The molecule has 0 aliphatic carbocycles. The number of rotatable bonds is 3. The molecule has 1 aliphatic rings. The van der Waals surface area contributed by atoms with Crippen molar-refractivity contribution in [3.63, 3.8) is 0 Å². The molecule has 0 saturated heterocycles. The molecule has 0 bridgehead atoms. The van der Waals surface area contributed by atoms with E-state index in [0.717, 1.165) is 16.7 Å². The number of carbonyl (C=O) groups is 2. The van der Waals surface area contributed by atoms with Crippen LogP contribution in [0, 0.1) is 0 Å². The van der Waals surface area contributed by atoms with Crippen molar-refractivity contribution in [2.45, 2.75) is 19.9 Å². The summed E-state index contributed by atoms with van der Waals surface area (Å²) in [5.41, 5.74) is 3.49. The first-order valence-electron chi connectivity index (χ1n) is 9.85. The van der Waals surface area contributed by atoms with E-state index in [0.29, 0.717) is 27.2 Å². The van der Waals surface area contributed by atoms with Gasteiger partial charge in [-0.05, 0) is 48.9 Å². The van der Waals surface area contributed by atoms with E-state index in [4.69, 9.17) is 27.9 Å². The minimum Gasteiger partial charge on any atom is -0.409 e. The number of halogens is 2. The zero-order valence-corrected chi connectivity index (χ0v) is 18.8. The van der Waals surface area contributed by atoms with Crippen molar-refractivity contribution in [2.24, 2.45) is 5.10 Å². The lowest BCUT2D eigenvalue weighted by molar-refractivity contribution is -0.114. The molecule has 0 aromatic heterocycles. The van der Waals surface area contributed by atoms with Gasteiger partial charge in [-0.3, -0.25) is 4.79 Å². The highest BCUT2D eigenvalue weighted by atomic mass is 35.5. The van der Waals surface area contributed by atoms with Gasteiger partial charge in [-0.2, -0.15) is 10.1 Å². The van der Waals surface area contributed by atoms with Crippen LogP contribution in [0.1, 0.15) is 36.6 Å². The van der Waals surface area contributed by atoms with Crippen molar-refractivity contribution in [3.05, 3.63) is 93.5 Å². The molecule has 1 N–H and O–H groups in total. The second kappa shape index (κ2) is 9.02. The first-order chi connectivity index (χ1) is 15.3. The molecule has 0 fully saturated rings. The van der Waals surface area contributed by atoms with Gasteiger partial charge in [0.1, 0.15) is 5.75 Å². The number of nitrogens with zero attached hydrogens (tertiary/aromatic N) is 2. The van der Waals surface area contributed by atoms with Crippen LogP contribution in [0.25, 0.3) is 0 Å². The molecule has 3 aromatic carbocycles. The number of hydrazone groups is 1. The molecule has 2 amide bonds. The molecule has 3 aromatic rings. The Kier molecular flexibility index (Phi) is 6.17. The van der Waals surface area contributed by atoms with Crippen LogP contribution < -0.4 is 10.1 Å². The van der Waals surface area contributed by atoms with Gasteiger partial charge in [0.2, 0.25) is 5.91 Å². The lowest BCUT2D eigenvalue weighted by atomic mass is 9.92. The highest BCUT2D eigenvalue weighted by Crippen LogP contribution is 2.37. The van der Waals surface area contributed by atoms with Crippen molar-refractivity contribution in [1.29, 1.82) is 0 Å². The van der Waals surface area contributed by atoms with E-state index in [1.54, 1.807) is 48.5 Å². The maximum absolute atomic E-state index is 13.0. The fraction of sp³-hybridized carbons (Fsp3) is 0.125. The number of amides is 2. The number of hydrogen-bond donors (Lipinski definition) is 1. The monoisotopic (exact) mass is 467 g/mol. The molecule has 1 unspecified atom stereocenters. The fourth-order valence-electron chi connectivity index (χ4n) is 3.46. The number of para-hydroxylation sites is 1. The Balaban J connectivity index is 1.76. The molecule has 0 saturated carbocycles. The van der Waals surface area contributed by atoms with Gasteiger partial charge in [0, 0.05) is 23.7 Å². The largest absolute Gasteiger partial charge is 0.436 e. The van der Waals surface area contributed by atoms with Gasteiger partial charge in [0.15, 0.2) is 0 Å². The molecule has 32 heavy (non-hydrogen) atoms. The Morgan fingerprint density at radius 2 is 1.66 bits per heavy atom. The molecule has 4 rings (SSSR count). The van der Waals surface area contributed by atoms with Crippen LogP contribution in [0.2, 0.25) is 10.0 Å². The molecule has 0 spiro atoms. The summed E-state index contributed by atoms with van der Waals surface area (Å²) in [5.74, 6) is 0.254. The standard InChI is InChI=1S/C24H19Cl2N3O3/c1-14-19-12-21(25)22(26)13-20(19)23(16-8-10-17(11-9-16)27-15(2)30)28-29(14)24(31)32-18-6-4-3-5-7-18/h3-14H,1-2H3,(H,27,30). The number of fused-ring (bicyclic) bond motifs is 1. The van der Waals surface area contributed by atoms with Gasteiger partial charge >= 0.3 is 6.09 Å². The third-order valence-electron chi connectivity index (χ3n) is 4.99. The first kappa shape index (κ1) is 21.9. The Morgan fingerprint density at radius 1 is 1.00 bits per heavy atom. The smallest absolute Gasteiger partial charge is 0.409 e. The van der Waals surface area contributed by atoms with Gasteiger partial charge in [-0.25, -0.2) is 4.79 Å². The zero-order chi connectivity index (χ0) is 22.8. The van der Waals surface area contributed by atoms with Crippen LogP contribution >= 0.6 is 23.2 Å². The van der Waals surface area contributed by atoms with Crippen LogP contribution in [-0.4, -0.2) is 22.7 Å². The number of nitrogens with one attached hydrogen (secondary N) is 1. The van der Waals surface area contributed by atoms with Crippen LogP contribution in [0.15, 0.2) is 71.8 Å². The fourth-order valence-corrected chi connectivity index (χ4v) is 3.79. The van der Waals surface area contributed by atoms with Crippen molar-refractivity contribution >= 4 is 46.6 Å². The van der Waals surface area contributed by atoms with E-state index in [2.05, 4.69) is 10.4 Å². The summed E-state index contributed by atoms with van der Waals surface area (Å²) in [7, 11) is 0. The van der Waals surface area contributed by atoms with E-state index >= 15 is 0 Å². The number of ether oxygens (including phenoxy) is 1. The van der Waals surface area contributed by atoms with E-state index in [-0.39, 0.29) is 5.91 Å². The summed E-state index contributed by atoms with van der Waals surface area (Å²) in [6.45, 7) is 3.29. The first-order valence-corrected chi connectivity index (χ1v) is 10.6. The van der Waals surface area contributed by atoms with Crippen LogP contribution in [0.5, 0.6) is 5.75 Å². The molecule has 1 aliphatic heterocycles. The topological polar surface area (TPSA) is 71.0 Å². The Hall–Kier alpha value is -3.35. The Labute approximate surface area is 195 Å². The summed E-state index contributed by atoms with van der Waals surface area (Å²) in [5, 5.41) is 9.41. The third kappa shape index (κ3) is 4.47. The molecule has 0 radical (unpaired) electrons. The number of carbonyl (C=O) groups excluding carboxylic acids is 2. The van der Waals surface area contributed by atoms with Crippen molar-refractivity contribution in [3.8, 4) is 5.75 Å². The van der Waals surface area contributed by atoms with E-state index in [1.807, 2.05) is 25.1 Å². The second-order valence-corrected chi connectivity index (χ2v) is 8.08. The van der Waals surface area contributed by atoms with Gasteiger partial charge in [0.05, 0.1) is 21.8 Å². The maximum Gasteiger partial charge on any atom is 0.436 e. The average molecular weight is 468 g/mol. The minimum absolute atomic E-state index is 0.164. The number of anilines is 1. The molecule has 6 nitrogen and oxygen atoms in total. The van der Waals surface area contributed by atoms with Crippen molar-refractivity contribution < 1.29 is 14.3 Å². The molecule has 1 atom stereocenters. The summed E-state index contributed by atoms with van der Waals surface area (Å²) < 4.78 is 5.51. The highest BCUT2D eigenvalue weighted by Gasteiger charge is 2.32. The normalized spacial score (nSPS) is 14.9. The highest BCUT2D eigenvalue weighted by molar-refractivity contribution is 6.42.